The minimum atomic E-state index is -0.930. The van der Waals surface area contributed by atoms with Crippen LogP contribution in [0.4, 0.5) is 10.1 Å². The molecular weight excluding hydrogens is 279 g/mol. The Hall–Kier alpha value is -2.44. The molecule has 0 bridgehead atoms. The second-order valence-electron chi connectivity index (χ2n) is 5.14. The second-order valence-corrected chi connectivity index (χ2v) is 5.14. The molecule has 1 aromatic carbocycles. The van der Waals surface area contributed by atoms with Crippen molar-refractivity contribution >= 4 is 23.5 Å². The van der Waals surface area contributed by atoms with Gasteiger partial charge in [-0.05, 0) is 31.0 Å². The molecule has 112 valence electrons. The Morgan fingerprint density at radius 2 is 2.00 bits per heavy atom. The lowest BCUT2D eigenvalue weighted by atomic mass is 10.1. The SMILES string of the molecule is CC(=O)Nc1cc(C(=O)NCC2(C(=O)O)CC2)ccc1F. The third-order valence-electron chi connectivity index (χ3n) is 3.43. The number of anilines is 1. The molecule has 0 aromatic heterocycles. The van der Waals surface area contributed by atoms with Gasteiger partial charge in [0.25, 0.3) is 5.91 Å². The quantitative estimate of drug-likeness (QED) is 0.764. The maximum atomic E-state index is 13.5. The van der Waals surface area contributed by atoms with Gasteiger partial charge in [-0.15, -0.1) is 0 Å². The largest absolute Gasteiger partial charge is 0.481 e. The highest BCUT2D eigenvalue weighted by Crippen LogP contribution is 2.45. The van der Waals surface area contributed by atoms with Crippen molar-refractivity contribution in [2.45, 2.75) is 19.8 Å². The summed E-state index contributed by atoms with van der Waals surface area (Å²) in [6, 6.07) is 3.56. The number of aliphatic carboxylic acids is 1. The van der Waals surface area contributed by atoms with E-state index in [0.29, 0.717) is 12.8 Å². The Balaban J connectivity index is 2.06. The fourth-order valence-electron chi connectivity index (χ4n) is 1.92. The smallest absolute Gasteiger partial charge is 0.311 e. The van der Waals surface area contributed by atoms with Crippen LogP contribution >= 0.6 is 0 Å². The molecule has 1 aliphatic carbocycles. The van der Waals surface area contributed by atoms with E-state index in [1.54, 1.807) is 0 Å². The number of benzene rings is 1. The predicted molar refractivity (Wildman–Crippen MR) is 72.3 cm³/mol. The molecule has 0 atom stereocenters. The lowest BCUT2D eigenvalue weighted by Gasteiger charge is -2.12. The minimum Gasteiger partial charge on any atom is -0.481 e. The summed E-state index contributed by atoms with van der Waals surface area (Å²) in [5, 5.41) is 13.8. The fourth-order valence-corrected chi connectivity index (χ4v) is 1.92. The number of hydrogen-bond donors (Lipinski definition) is 3. The molecule has 1 aromatic rings. The van der Waals surface area contributed by atoms with Crippen molar-refractivity contribution in [3.05, 3.63) is 29.6 Å². The molecule has 0 aliphatic heterocycles. The third kappa shape index (κ3) is 3.36. The first-order valence-corrected chi connectivity index (χ1v) is 6.43. The van der Waals surface area contributed by atoms with E-state index in [1.807, 2.05) is 0 Å². The Morgan fingerprint density at radius 3 is 2.52 bits per heavy atom. The first kappa shape index (κ1) is 15.0. The van der Waals surface area contributed by atoms with Gasteiger partial charge in [0.1, 0.15) is 5.82 Å². The van der Waals surface area contributed by atoms with Crippen LogP contribution in [-0.2, 0) is 9.59 Å². The summed E-state index contributed by atoms with van der Waals surface area (Å²) < 4.78 is 13.5. The first-order valence-electron chi connectivity index (χ1n) is 6.43. The van der Waals surface area contributed by atoms with Gasteiger partial charge < -0.3 is 15.7 Å². The van der Waals surface area contributed by atoms with Gasteiger partial charge in [-0.2, -0.15) is 0 Å². The molecule has 0 unspecified atom stereocenters. The molecule has 0 radical (unpaired) electrons. The fraction of sp³-hybridized carbons (Fsp3) is 0.357. The summed E-state index contributed by atoms with van der Waals surface area (Å²) in [5.74, 6) is -2.53. The monoisotopic (exact) mass is 294 g/mol. The number of nitrogens with one attached hydrogen (secondary N) is 2. The van der Waals surface area contributed by atoms with E-state index in [0.717, 1.165) is 6.07 Å². The number of rotatable bonds is 5. The standard InChI is InChI=1S/C14H15FN2O4/c1-8(18)17-11-6-9(2-3-10(11)15)12(19)16-7-14(4-5-14)13(20)21/h2-3,6H,4-5,7H2,1H3,(H,16,19)(H,17,18)(H,20,21). The molecule has 1 saturated carbocycles. The topological polar surface area (TPSA) is 95.5 Å². The van der Waals surface area contributed by atoms with Crippen molar-refractivity contribution in [1.29, 1.82) is 0 Å². The van der Waals surface area contributed by atoms with Gasteiger partial charge in [-0.1, -0.05) is 0 Å². The summed E-state index contributed by atoms with van der Waals surface area (Å²) in [6.45, 7) is 1.27. The van der Waals surface area contributed by atoms with Crippen molar-refractivity contribution in [1.82, 2.24) is 5.32 Å². The molecule has 2 amide bonds. The van der Waals surface area contributed by atoms with Crippen LogP contribution in [0.25, 0.3) is 0 Å². The highest BCUT2D eigenvalue weighted by molar-refractivity contribution is 5.97. The van der Waals surface area contributed by atoms with Crippen LogP contribution in [0.15, 0.2) is 18.2 Å². The van der Waals surface area contributed by atoms with Crippen LogP contribution < -0.4 is 10.6 Å². The maximum absolute atomic E-state index is 13.5. The van der Waals surface area contributed by atoms with Gasteiger partial charge in [0.2, 0.25) is 5.91 Å². The number of hydrogen-bond acceptors (Lipinski definition) is 3. The zero-order valence-corrected chi connectivity index (χ0v) is 11.4. The number of carboxylic acid groups (broad SMARTS) is 1. The average Bonchev–Trinajstić information content (AvgIpc) is 3.19. The number of halogens is 1. The molecule has 0 saturated heterocycles. The molecule has 3 N–H and O–H groups in total. The molecule has 7 heteroatoms. The molecule has 1 fully saturated rings. The number of carbonyl (C=O) groups excluding carboxylic acids is 2. The van der Waals surface area contributed by atoms with Crippen molar-refractivity contribution in [3.63, 3.8) is 0 Å². The second kappa shape index (κ2) is 5.51. The number of carbonyl (C=O) groups is 3. The van der Waals surface area contributed by atoms with E-state index in [4.69, 9.17) is 5.11 Å². The van der Waals surface area contributed by atoms with Gasteiger partial charge in [0.05, 0.1) is 11.1 Å². The van der Waals surface area contributed by atoms with Crippen LogP contribution in [0.5, 0.6) is 0 Å². The first-order chi connectivity index (χ1) is 9.84. The van der Waals surface area contributed by atoms with E-state index in [1.165, 1.54) is 19.1 Å². The Labute approximate surface area is 120 Å². The summed E-state index contributed by atoms with van der Waals surface area (Å²) in [4.78, 5) is 33.9. The lowest BCUT2D eigenvalue weighted by Crippen LogP contribution is -2.34. The van der Waals surface area contributed by atoms with Crippen LogP contribution in [-0.4, -0.2) is 29.4 Å². The molecular formula is C14H15FN2O4. The van der Waals surface area contributed by atoms with Gasteiger partial charge in [0, 0.05) is 19.0 Å². The Kier molecular flexibility index (Phi) is 3.93. The van der Waals surface area contributed by atoms with E-state index in [9.17, 15) is 18.8 Å². The third-order valence-corrected chi connectivity index (χ3v) is 3.43. The van der Waals surface area contributed by atoms with Crippen molar-refractivity contribution < 1.29 is 23.9 Å². The van der Waals surface area contributed by atoms with E-state index in [2.05, 4.69) is 10.6 Å². The van der Waals surface area contributed by atoms with Gasteiger partial charge >= 0.3 is 5.97 Å². The van der Waals surface area contributed by atoms with Crippen LogP contribution in [0, 0.1) is 11.2 Å². The number of carboxylic acids is 1. The molecule has 6 nitrogen and oxygen atoms in total. The zero-order chi connectivity index (χ0) is 15.6. The summed E-state index contributed by atoms with van der Waals surface area (Å²) in [7, 11) is 0. The van der Waals surface area contributed by atoms with Crippen molar-refractivity contribution in [3.8, 4) is 0 Å². The molecule has 21 heavy (non-hydrogen) atoms. The van der Waals surface area contributed by atoms with Crippen molar-refractivity contribution in [2.75, 3.05) is 11.9 Å². The zero-order valence-electron chi connectivity index (χ0n) is 11.4. The Morgan fingerprint density at radius 1 is 1.33 bits per heavy atom. The highest BCUT2D eigenvalue weighted by Gasteiger charge is 2.50. The van der Waals surface area contributed by atoms with E-state index < -0.39 is 29.0 Å². The van der Waals surface area contributed by atoms with E-state index >= 15 is 0 Å². The normalized spacial score (nSPS) is 15.1. The van der Waals surface area contributed by atoms with Crippen molar-refractivity contribution in [2.24, 2.45) is 5.41 Å². The van der Waals surface area contributed by atoms with Crippen LogP contribution in [0.1, 0.15) is 30.1 Å². The van der Waals surface area contributed by atoms with Gasteiger partial charge in [-0.25, -0.2) is 4.39 Å². The average molecular weight is 294 g/mol. The Bertz CT molecular complexity index is 611. The maximum Gasteiger partial charge on any atom is 0.311 e. The molecule has 1 aliphatic rings. The van der Waals surface area contributed by atoms with Crippen LogP contribution in [0.3, 0.4) is 0 Å². The summed E-state index contributed by atoms with van der Waals surface area (Å²) >= 11 is 0. The predicted octanol–water partition coefficient (Wildman–Crippen LogP) is 1.38. The number of amides is 2. The summed E-state index contributed by atoms with van der Waals surface area (Å²) in [6.07, 6.45) is 1.06. The minimum absolute atomic E-state index is 0.0357. The lowest BCUT2D eigenvalue weighted by molar-refractivity contribution is -0.143. The van der Waals surface area contributed by atoms with Gasteiger partial charge in [-0.3, -0.25) is 14.4 Å². The van der Waals surface area contributed by atoms with Gasteiger partial charge in [0.15, 0.2) is 0 Å². The summed E-state index contributed by atoms with van der Waals surface area (Å²) in [5.41, 5.74) is -0.799. The molecule has 0 spiro atoms. The molecule has 0 heterocycles. The highest BCUT2D eigenvalue weighted by atomic mass is 19.1. The van der Waals surface area contributed by atoms with Crippen LogP contribution in [0.2, 0.25) is 0 Å². The van der Waals surface area contributed by atoms with E-state index in [-0.39, 0.29) is 17.8 Å². The molecule has 2 rings (SSSR count).